The maximum absolute atomic E-state index is 11.5. The Morgan fingerprint density at radius 2 is 2.40 bits per heavy atom. The lowest BCUT2D eigenvalue weighted by Crippen LogP contribution is -2.14. The number of esters is 1. The molecule has 0 spiro atoms. The van der Waals surface area contributed by atoms with Crippen molar-refractivity contribution in [2.45, 2.75) is 18.9 Å². The van der Waals surface area contributed by atoms with Crippen LogP contribution in [0.15, 0.2) is 0 Å². The first-order chi connectivity index (χ1) is 4.70. The summed E-state index contributed by atoms with van der Waals surface area (Å²) in [6, 6.07) is 0. The van der Waals surface area contributed by atoms with E-state index in [9.17, 15) is 9.18 Å². The third-order valence-corrected chi connectivity index (χ3v) is 1.07. The highest BCUT2D eigenvalue weighted by Crippen LogP contribution is 1.98. The molecule has 0 aliphatic heterocycles. The lowest BCUT2D eigenvalue weighted by atomic mass is 10.2. The van der Waals surface area contributed by atoms with E-state index >= 15 is 0 Å². The molecule has 0 radical (unpaired) electrons. The van der Waals surface area contributed by atoms with Crippen molar-refractivity contribution in [3.05, 3.63) is 0 Å². The van der Waals surface area contributed by atoms with Crippen LogP contribution >= 0.6 is 0 Å². The van der Waals surface area contributed by atoms with Gasteiger partial charge in [0.25, 0.3) is 0 Å². The summed E-state index contributed by atoms with van der Waals surface area (Å²) in [5.41, 5.74) is 0. The van der Waals surface area contributed by atoms with Gasteiger partial charge in [-0.1, -0.05) is 0 Å². The van der Waals surface area contributed by atoms with Gasteiger partial charge in [0.15, 0.2) is 0 Å². The van der Waals surface area contributed by atoms with Crippen LogP contribution in [0.2, 0.25) is 0 Å². The second-order valence-electron chi connectivity index (χ2n) is 1.91. The lowest BCUT2D eigenvalue weighted by molar-refractivity contribution is -0.142. The quantitative estimate of drug-likeness (QED) is 0.585. The number of alkyl halides is 1. The van der Waals surface area contributed by atoms with Crippen LogP contribution in [0.3, 0.4) is 0 Å². The van der Waals surface area contributed by atoms with Crippen LogP contribution in [0, 0.1) is 0 Å². The molecule has 4 heteroatoms. The molecule has 0 bridgehead atoms. The fraction of sp³-hybridized carbons (Fsp3) is 0.833. The normalized spacial score (nSPS) is 12.7. The van der Waals surface area contributed by atoms with Gasteiger partial charge >= 0.3 is 5.97 Å². The van der Waals surface area contributed by atoms with Crippen molar-refractivity contribution in [3.8, 4) is 0 Å². The van der Waals surface area contributed by atoms with Crippen molar-refractivity contribution in [3.63, 3.8) is 0 Å². The van der Waals surface area contributed by atoms with Crippen molar-refractivity contribution in [1.82, 2.24) is 0 Å². The first kappa shape index (κ1) is 9.36. The van der Waals surface area contributed by atoms with E-state index in [1.165, 1.54) is 7.11 Å². The van der Waals surface area contributed by atoms with E-state index in [0.29, 0.717) is 0 Å². The topological polar surface area (TPSA) is 46.5 Å². The summed E-state index contributed by atoms with van der Waals surface area (Å²) in [6.07, 6.45) is -1.03. The number of carbonyl (C=O) groups is 1. The minimum atomic E-state index is -0.905. The van der Waals surface area contributed by atoms with E-state index < -0.39 is 18.7 Å². The zero-order valence-electron chi connectivity index (χ0n) is 5.84. The van der Waals surface area contributed by atoms with Crippen LogP contribution in [-0.2, 0) is 9.53 Å². The molecule has 1 N–H and O–H groups in total. The van der Waals surface area contributed by atoms with Crippen molar-refractivity contribution >= 4 is 5.97 Å². The number of halogens is 1. The first-order valence-electron chi connectivity index (χ1n) is 3.01. The lowest BCUT2D eigenvalue weighted by Gasteiger charge is -2.04. The summed E-state index contributed by atoms with van der Waals surface area (Å²) in [5.74, 6) is -0.513. The molecule has 0 saturated carbocycles. The predicted octanol–water partition coefficient (Wildman–Crippen LogP) is 0.270. The van der Waals surface area contributed by atoms with Gasteiger partial charge in [0.05, 0.1) is 26.3 Å². The number of aliphatic hydroxyl groups is 1. The number of hydrogen-bond donors (Lipinski definition) is 1. The van der Waals surface area contributed by atoms with Gasteiger partial charge in [0.1, 0.15) is 0 Å². The van der Waals surface area contributed by atoms with E-state index in [1.54, 1.807) is 0 Å². The largest absolute Gasteiger partial charge is 0.469 e. The van der Waals surface area contributed by atoms with E-state index in [4.69, 9.17) is 5.11 Å². The van der Waals surface area contributed by atoms with Crippen LogP contribution in [0.1, 0.15) is 12.8 Å². The average molecular weight is 150 g/mol. The molecule has 3 nitrogen and oxygen atoms in total. The zero-order valence-corrected chi connectivity index (χ0v) is 5.84. The van der Waals surface area contributed by atoms with Crippen LogP contribution in [-0.4, -0.2) is 31.0 Å². The molecule has 0 saturated heterocycles. The summed E-state index contributed by atoms with van der Waals surface area (Å²) in [4.78, 5) is 10.4. The molecule has 0 aromatic heterocycles. The highest BCUT2D eigenvalue weighted by Gasteiger charge is 2.09. The first-order valence-corrected chi connectivity index (χ1v) is 3.01. The molecule has 0 unspecified atom stereocenters. The minimum absolute atomic E-state index is 0.00486. The Morgan fingerprint density at radius 1 is 1.80 bits per heavy atom. The van der Waals surface area contributed by atoms with Crippen LogP contribution < -0.4 is 0 Å². The Bertz CT molecular complexity index is 105. The zero-order chi connectivity index (χ0) is 7.98. The maximum Gasteiger partial charge on any atom is 0.308 e. The average Bonchev–Trinajstić information content (AvgIpc) is 1.88. The third kappa shape index (κ3) is 4.26. The van der Waals surface area contributed by atoms with Crippen LogP contribution in [0.25, 0.3) is 0 Å². The number of hydrogen-bond acceptors (Lipinski definition) is 3. The summed E-state index contributed by atoms with van der Waals surface area (Å²) in [6.45, 7) is -0.613. The minimum Gasteiger partial charge on any atom is -0.469 e. The highest BCUT2D eigenvalue weighted by atomic mass is 19.1. The number of aliphatic hydroxyl groups excluding tert-OH is 1. The monoisotopic (exact) mass is 150 g/mol. The summed E-state index contributed by atoms with van der Waals surface area (Å²) >= 11 is 0. The van der Waals surface area contributed by atoms with E-state index in [1.807, 2.05) is 0 Å². The van der Waals surface area contributed by atoms with Gasteiger partial charge in [-0.2, -0.15) is 0 Å². The number of rotatable bonds is 4. The van der Waals surface area contributed by atoms with Crippen molar-refractivity contribution in [2.24, 2.45) is 0 Å². The molecular weight excluding hydrogens is 139 g/mol. The molecule has 0 amide bonds. The van der Waals surface area contributed by atoms with Gasteiger partial charge in [-0.3, -0.25) is 9.18 Å². The standard InChI is InChI=1S/C6H11FO3/c1-10-6(9)4-5(8)2-3-7/h5,8H,2-4H2,1H3/t5-/m0/s1. The summed E-state index contributed by atoms with van der Waals surface area (Å²) in [5, 5.41) is 8.81. The molecule has 0 aliphatic rings. The Balaban J connectivity index is 3.37. The Morgan fingerprint density at radius 3 is 2.80 bits per heavy atom. The second kappa shape index (κ2) is 5.17. The summed E-state index contributed by atoms with van der Waals surface area (Å²) in [7, 11) is 1.23. The van der Waals surface area contributed by atoms with E-state index in [0.717, 1.165) is 0 Å². The molecule has 0 aromatic carbocycles. The molecule has 1 atom stereocenters. The van der Waals surface area contributed by atoms with Crippen molar-refractivity contribution in [1.29, 1.82) is 0 Å². The van der Waals surface area contributed by atoms with Crippen LogP contribution in [0.4, 0.5) is 4.39 Å². The smallest absolute Gasteiger partial charge is 0.308 e. The van der Waals surface area contributed by atoms with Crippen LogP contribution in [0.5, 0.6) is 0 Å². The Labute approximate surface area is 58.8 Å². The highest BCUT2D eigenvalue weighted by molar-refractivity contribution is 5.69. The van der Waals surface area contributed by atoms with Gasteiger partial charge in [-0.25, -0.2) is 0 Å². The van der Waals surface area contributed by atoms with Gasteiger partial charge in [-0.05, 0) is 0 Å². The summed E-state index contributed by atoms with van der Waals surface area (Å²) < 4.78 is 15.7. The Hall–Kier alpha value is -0.640. The van der Waals surface area contributed by atoms with E-state index in [2.05, 4.69) is 4.74 Å². The molecular formula is C6H11FO3. The van der Waals surface area contributed by atoms with Gasteiger partial charge in [0.2, 0.25) is 0 Å². The fourth-order valence-electron chi connectivity index (χ4n) is 0.504. The van der Waals surface area contributed by atoms with Crippen molar-refractivity contribution in [2.75, 3.05) is 13.8 Å². The predicted molar refractivity (Wildman–Crippen MR) is 33.2 cm³/mol. The second-order valence-corrected chi connectivity index (χ2v) is 1.91. The maximum atomic E-state index is 11.5. The van der Waals surface area contributed by atoms with E-state index in [-0.39, 0.29) is 12.8 Å². The van der Waals surface area contributed by atoms with Crippen molar-refractivity contribution < 1.29 is 19.0 Å². The number of carbonyl (C=O) groups excluding carboxylic acids is 1. The number of methoxy groups -OCH3 is 1. The number of ether oxygens (including phenoxy) is 1. The molecule has 0 rings (SSSR count). The van der Waals surface area contributed by atoms with Gasteiger partial charge < -0.3 is 9.84 Å². The third-order valence-electron chi connectivity index (χ3n) is 1.07. The SMILES string of the molecule is COC(=O)C[C@@H](O)CCF. The fourth-order valence-corrected chi connectivity index (χ4v) is 0.504. The molecule has 60 valence electrons. The Kier molecular flexibility index (Phi) is 4.84. The van der Waals surface area contributed by atoms with Gasteiger partial charge in [-0.15, -0.1) is 0 Å². The molecule has 0 heterocycles. The van der Waals surface area contributed by atoms with Gasteiger partial charge in [0, 0.05) is 6.42 Å². The molecule has 0 aromatic rings. The molecule has 10 heavy (non-hydrogen) atoms. The molecule has 0 aliphatic carbocycles. The molecule has 0 fully saturated rings.